The second kappa shape index (κ2) is 7.47. The van der Waals surface area contributed by atoms with E-state index < -0.39 is 17.5 Å². The van der Waals surface area contributed by atoms with Gasteiger partial charge in [0.15, 0.2) is 0 Å². The zero-order valence-electron chi connectivity index (χ0n) is 17.8. The highest BCUT2D eigenvalue weighted by Gasteiger charge is 2.56. The smallest absolute Gasteiger partial charge is 0.325 e. The third-order valence-electron chi connectivity index (χ3n) is 6.54. The van der Waals surface area contributed by atoms with Crippen LogP contribution in [-0.2, 0) is 16.0 Å². The highest BCUT2D eigenvalue weighted by Crippen LogP contribution is 2.42. The van der Waals surface area contributed by atoms with E-state index in [0.717, 1.165) is 35.4 Å². The zero-order valence-corrected chi connectivity index (χ0v) is 17.8. The van der Waals surface area contributed by atoms with Crippen LogP contribution in [0.3, 0.4) is 0 Å². The molecule has 8 nitrogen and oxygen atoms in total. The molecule has 0 spiro atoms. The molecule has 8 heteroatoms. The SMILES string of the molecule is CC1(C2CC2)NC(=O)N(CC(=O)Nc2ccc(C(=O)N3CCc4ccccc43)cc2)C1=O. The van der Waals surface area contributed by atoms with Crippen LogP contribution in [0.25, 0.3) is 0 Å². The number of carbonyl (C=O) groups is 4. The maximum Gasteiger partial charge on any atom is 0.325 e. The molecule has 0 bridgehead atoms. The minimum atomic E-state index is -0.909. The van der Waals surface area contributed by atoms with Crippen molar-refractivity contribution >= 4 is 35.1 Å². The van der Waals surface area contributed by atoms with Crippen molar-refractivity contribution in [3.8, 4) is 0 Å². The summed E-state index contributed by atoms with van der Waals surface area (Å²) in [7, 11) is 0. The summed E-state index contributed by atoms with van der Waals surface area (Å²) in [5, 5.41) is 5.43. The normalized spacial score (nSPS) is 22.0. The summed E-state index contributed by atoms with van der Waals surface area (Å²) in [6.07, 6.45) is 2.63. The van der Waals surface area contributed by atoms with E-state index in [1.807, 2.05) is 24.3 Å². The molecule has 1 saturated heterocycles. The van der Waals surface area contributed by atoms with Crippen molar-refractivity contribution in [2.75, 3.05) is 23.3 Å². The van der Waals surface area contributed by atoms with Gasteiger partial charge in [-0.25, -0.2) is 4.79 Å². The number of urea groups is 1. The van der Waals surface area contributed by atoms with Crippen molar-refractivity contribution in [3.63, 3.8) is 0 Å². The second-order valence-corrected chi connectivity index (χ2v) is 8.76. The van der Waals surface area contributed by atoms with Crippen LogP contribution in [-0.4, -0.2) is 47.3 Å². The Kier molecular flexibility index (Phi) is 4.73. The highest BCUT2D eigenvalue weighted by atomic mass is 16.2. The van der Waals surface area contributed by atoms with E-state index in [4.69, 9.17) is 0 Å². The van der Waals surface area contributed by atoms with Crippen molar-refractivity contribution < 1.29 is 19.2 Å². The number of nitrogens with zero attached hydrogens (tertiary/aromatic N) is 2. The summed E-state index contributed by atoms with van der Waals surface area (Å²) < 4.78 is 0. The Morgan fingerprint density at radius 1 is 1.09 bits per heavy atom. The van der Waals surface area contributed by atoms with Gasteiger partial charge in [-0.3, -0.25) is 19.3 Å². The summed E-state index contributed by atoms with van der Waals surface area (Å²) in [5.74, 6) is -0.778. The lowest BCUT2D eigenvalue weighted by atomic mass is 9.96. The number of anilines is 2. The predicted molar refractivity (Wildman–Crippen MR) is 118 cm³/mol. The Morgan fingerprint density at radius 2 is 1.81 bits per heavy atom. The Bertz CT molecular complexity index is 1130. The lowest BCUT2D eigenvalue weighted by Crippen LogP contribution is -2.46. The maximum absolute atomic E-state index is 12.9. The Balaban J connectivity index is 1.22. The standard InChI is InChI=1S/C24H24N4O4/c1-24(17-8-9-17)22(31)28(23(32)26-24)14-20(29)25-18-10-6-16(7-11-18)21(30)27-13-12-15-4-2-3-5-19(15)27/h2-7,10-11,17H,8-9,12-14H2,1H3,(H,25,29)(H,26,32). The van der Waals surface area contributed by atoms with Gasteiger partial charge in [0.05, 0.1) is 0 Å². The number of rotatable bonds is 5. The van der Waals surface area contributed by atoms with Crippen molar-refractivity contribution in [1.82, 2.24) is 10.2 Å². The quantitative estimate of drug-likeness (QED) is 0.710. The van der Waals surface area contributed by atoms with Gasteiger partial charge in [0.2, 0.25) is 5.91 Å². The van der Waals surface area contributed by atoms with E-state index in [9.17, 15) is 19.2 Å². The van der Waals surface area contributed by atoms with Crippen LogP contribution in [0.2, 0.25) is 0 Å². The summed E-state index contributed by atoms with van der Waals surface area (Å²) in [6.45, 7) is 2.01. The fourth-order valence-electron chi connectivity index (χ4n) is 4.54. The first-order valence-corrected chi connectivity index (χ1v) is 10.8. The van der Waals surface area contributed by atoms with Crippen LogP contribution >= 0.6 is 0 Å². The Morgan fingerprint density at radius 3 is 2.53 bits per heavy atom. The van der Waals surface area contributed by atoms with Gasteiger partial charge in [0, 0.05) is 23.5 Å². The Hall–Kier alpha value is -3.68. The van der Waals surface area contributed by atoms with Gasteiger partial charge in [-0.2, -0.15) is 0 Å². The molecular formula is C24H24N4O4. The molecule has 5 rings (SSSR count). The molecule has 2 fully saturated rings. The minimum absolute atomic E-state index is 0.0912. The van der Waals surface area contributed by atoms with Gasteiger partial charge < -0.3 is 15.5 Å². The molecule has 2 aliphatic heterocycles. The van der Waals surface area contributed by atoms with Gasteiger partial charge in [-0.15, -0.1) is 0 Å². The number of hydrogen-bond acceptors (Lipinski definition) is 4. The van der Waals surface area contributed by atoms with Crippen LogP contribution in [0.5, 0.6) is 0 Å². The molecule has 0 radical (unpaired) electrons. The highest BCUT2D eigenvalue weighted by molar-refractivity contribution is 6.10. The second-order valence-electron chi connectivity index (χ2n) is 8.76. The number of carbonyl (C=O) groups excluding carboxylic acids is 4. The van der Waals surface area contributed by atoms with Gasteiger partial charge in [-0.1, -0.05) is 18.2 Å². The molecule has 164 valence electrons. The predicted octanol–water partition coefficient (Wildman–Crippen LogP) is 2.55. The summed E-state index contributed by atoms with van der Waals surface area (Å²) in [6, 6.07) is 13.9. The molecule has 2 aromatic carbocycles. The van der Waals surface area contributed by atoms with Crippen molar-refractivity contribution in [3.05, 3.63) is 59.7 Å². The van der Waals surface area contributed by atoms with E-state index in [1.54, 1.807) is 36.1 Å². The van der Waals surface area contributed by atoms with Gasteiger partial charge in [0.25, 0.3) is 11.8 Å². The molecule has 3 aliphatic rings. The van der Waals surface area contributed by atoms with Crippen molar-refractivity contribution in [2.45, 2.75) is 31.7 Å². The van der Waals surface area contributed by atoms with Crippen molar-refractivity contribution in [2.24, 2.45) is 5.92 Å². The first kappa shape index (κ1) is 20.2. The molecule has 2 aromatic rings. The monoisotopic (exact) mass is 432 g/mol. The summed E-state index contributed by atoms with van der Waals surface area (Å²) in [4.78, 5) is 53.0. The average molecular weight is 432 g/mol. The third kappa shape index (κ3) is 3.41. The lowest BCUT2D eigenvalue weighted by Gasteiger charge is -2.20. The van der Waals surface area contributed by atoms with Crippen LogP contribution in [0.1, 0.15) is 35.7 Å². The number of imide groups is 1. The molecule has 2 N–H and O–H groups in total. The molecule has 5 amide bonds. The Labute approximate surface area is 185 Å². The van der Waals surface area contributed by atoms with Gasteiger partial charge >= 0.3 is 6.03 Å². The first-order valence-electron chi connectivity index (χ1n) is 10.8. The van der Waals surface area contributed by atoms with E-state index in [-0.39, 0.29) is 24.3 Å². The van der Waals surface area contributed by atoms with E-state index >= 15 is 0 Å². The number of nitrogens with one attached hydrogen (secondary N) is 2. The van der Waals surface area contributed by atoms with Crippen molar-refractivity contribution in [1.29, 1.82) is 0 Å². The number of hydrogen-bond donors (Lipinski definition) is 2. The van der Waals surface area contributed by atoms with Crippen LogP contribution in [0.4, 0.5) is 16.2 Å². The number of fused-ring (bicyclic) bond motifs is 1. The minimum Gasteiger partial charge on any atom is -0.325 e. The summed E-state index contributed by atoms with van der Waals surface area (Å²) >= 11 is 0. The largest absolute Gasteiger partial charge is 0.325 e. The zero-order chi connectivity index (χ0) is 22.5. The number of para-hydroxylation sites is 1. The molecule has 0 aromatic heterocycles. The average Bonchev–Trinajstić information content (AvgIpc) is 3.52. The maximum atomic E-state index is 12.9. The molecule has 32 heavy (non-hydrogen) atoms. The van der Waals surface area contributed by atoms with E-state index in [1.165, 1.54) is 0 Å². The first-order chi connectivity index (χ1) is 15.4. The molecule has 1 saturated carbocycles. The van der Waals surface area contributed by atoms with E-state index in [2.05, 4.69) is 10.6 Å². The molecule has 2 heterocycles. The topological polar surface area (TPSA) is 98.8 Å². The van der Waals surface area contributed by atoms with Crippen LogP contribution < -0.4 is 15.5 Å². The fraction of sp³-hybridized carbons (Fsp3) is 0.333. The van der Waals surface area contributed by atoms with Gasteiger partial charge in [-0.05, 0) is 68.0 Å². The molecule has 1 aliphatic carbocycles. The lowest BCUT2D eigenvalue weighted by molar-refractivity contribution is -0.134. The van der Waals surface area contributed by atoms with Gasteiger partial charge in [0.1, 0.15) is 12.1 Å². The molecule has 1 unspecified atom stereocenters. The number of benzene rings is 2. The molecule has 1 atom stereocenters. The third-order valence-corrected chi connectivity index (χ3v) is 6.54. The molecular weight excluding hydrogens is 408 g/mol. The van der Waals surface area contributed by atoms with E-state index in [0.29, 0.717) is 17.8 Å². The number of amides is 5. The fourth-order valence-corrected chi connectivity index (χ4v) is 4.54. The van der Waals surface area contributed by atoms with Crippen LogP contribution in [0, 0.1) is 5.92 Å². The van der Waals surface area contributed by atoms with Crippen LogP contribution in [0.15, 0.2) is 48.5 Å². The summed E-state index contributed by atoms with van der Waals surface area (Å²) in [5.41, 5.74) is 2.19.